The largest absolute Gasteiger partial charge is 0.0622 e. The van der Waals surface area contributed by atoms with Gasteiger partial charge in [0.25, 0.3) is 0 Å². The second-order valence-electron chi connectivity index (χ2n) is 21.4. The van der Waals surface area contributed by atoms with Gasteiger partial charge in [0.1, 0.15) is 0 Å². The van der Waals surface area contributed by atoms with Crippen LogP contribution < -0.4 is 0 Å². The first kappa shape index (κ1) is 56.7. The van der Waals surface area contributed by atoms with Gasteiger partial charge in [-0.15, -0.1) is 0 Å². The lowest BCUT2D eigenvalue weighted by Gasteiger charge is -2.13. The minimum atomic E-state index is 0.551. The third-order valence-electron chi connectivity index (χ3n) is 14.1. The molecule has 0 radical (unpaired) electrons. The highest BCUT2D eigenvalue weighted by Crippen LogP contribution is 2.34. The number of fused-ring (bicyclic) bond motifs is 2. The summed E-state index contributed by atoms with van der Waals surface area (Å²) in [5.41, 5.74) is 17.5. The van der Waals surface area contributed by atoms with Gasteiger partial charge in [-0.3, -0.25) is 0 Å². The summed E-state index contributed by atoms with van der Waals surface area (Å²) in [5, 5.41) is 5.36. The van der Waals surface area contributed by atoms with Crippen molar-refractivity contribution in [2.24, 2.45) is 0 Å². The standard InChI is InChI=1S/2C19H18.2C15H16.C9H12/c1-14(2)16-12-13-17(15-8-4-3-5-9-15)19-11-7-6-10-18(16)19;1-14(2)16-8-9-19-13-17(10-11-18(19)12-16)15-6-4-3-5-7-15;1-12(2)14-10-6-7-11-15(14)13-8-4-3-5-9-13;1-12(2)13-8-10-15(11-9-13)14-6-4-3-5-7-14;1-8(2)9-6-4-3-5-7-9/h2*3-14H,1-2H3;2*3-12H,1-2H3;3-8H,1-2H3. The molecule has 388 valence electrons. The van der Waals surface area contributed by atoms with Gasteiger partial charge in [0.15, 0.2) is 0 Å². The van der Waals surface area contributed by atoms with Gasteiger partial charge in [0.2, 0.25) is 0 Å². The molecule has 0 spiro atoms. The molecule has 11 rings (SSSR count). The van der Waals surface area contributed by atoms with Crippen LogP contribution in [0.25, 0.3) is 66.1 Å². The fraction of sp³-hybridized carbons (Fsp3) is 0.195. The van der Waals surface area contributed by atoms with E-state index >= 15 is 0 Å². The molecule has 0 aromatic heterocycles. The molecule has 0 atom stereocenters. The SMILES string of the molecule is CC(C)c1ccc(-c2ccccc2)c2ccccc12.CC(C)c1ccc(-c2ccccc2)cc1.CC(C)c1ccc2cc(-c3ccccc3)ccc2c1.CC(C)c1ccccc1.CC(C)c1ccccc1-c1ccccc1. The first-order valence-electron chi connectivity index (χ1n) is 27.9. The van der Waals surface area contributed by atoms with Crippen LogP contribution in [-0.4, -0.2) is 0 Å². The van der Waals surface area contributed by atoms with E-state index in [1.807, 2.05) is 12.1 Å². The normalized spacial score (nSPS) is 10.8. The second kappa shape index (κ2) is 28.7. The molecule has 0 bridgehead atoms. The number of hydrogen-bond donors (Lipinski definition) is 0. The van der Waals surface area contributed by atoms with Crippen molar-refractivity contribution in [2.75, 3.05) is 0 Å². The Bertz CT molecular complexity index is 3440. The molecular weight excluding hydrogens is 925 g/mol. The minimum absolute atomic E-state index is 0.551. The molecule has 0 amide bonds. The predicted octanol–water partition coefficient (Wildman–Crippen LogP) is 23.0. The van der Waals surface area contributed by atoms with Crippen LogP contribution >= 0.6 is 0 Å². The van der Waals surface area contributed by atoms with Gasteiger partial charge in [0, 0.05) is 0 Å². The molecule has 0 aliphatic heterocycles. The smallest absolute Gasteiger partial charge is 0.0103 e. The topological polar surface area (TPSA) is 0 Å². The fourth-order valence-electron chi connectivity index (χ4n) is 9.54. The average molecular weight is 1010 g/mol. The Kier molecular flexibility index (Phi) is 21.1. The molecule has 11 aromatic carbocycles. The van der Waals surface area contributed by atoms with Crippen LogP contribution in [-0.2, 0) is 0 Å². The Morgan fingerprint density at radius 3 is 1.06 bits per heavy atom. The van der Waals surface area contributed by atoms with Crippen LogP contribution in [0.15, 0.2) is 273 Å². The van der Waals surface area contributed by atoms with Gasteiger partial charge in [-0.1, -0.05) is 336 Å². The summed E-state index contributed by atoms with van der Waals surface area (Å²) < 4.78 is 0. The van der Waals surface area contributed by atoms with E-state index in [9.17, 15) is 0 Å². The summed E-state index contributed by atoms with van der Waals surface area (Å²) in [7, 11) is 0. The lowest BCUT2D eigenvalue weighted by molar-refractivity contribution is 0.867. The average Bonchev–Trinajstić information content (AvgIpc) is 3.48. The monoisotopic (exact) mass is 1000 g/mol. The van der Waals surface area contributed by atoms with Crippen molar-refractivity contribution >= 4 is 21.5 Å². The maximum Gasteiger partial charge on any atom is -0.0103 e. The first-order chi connectivity index (χ1) is 37.4. The quantitative estimate of drug-likeness (QED) is 0.135. The van der Waals surface area contributed by atoms with E-state index in [0.717, 1.165) is 0 Å². The van der Waals surface area contributed by atoms with Crippen molar-refractivity contribution in [2.45, 2.75) is 98.8 Å². The van der Waals surface area contributed by atoms with Gasteiger partial charge in [-0.25, -0.2) is 0 Å². The Hall–Kier alpha value is -8.06. The highest BCUT2D eigenvalue weighted by molar-refractivity contribution is 5.98. The third-order valence-corrected chi connectivity index (χ3v) is 14.1. The van der Waals surface area contributed by atoms with Crippen LogP contribution in [0.2, 0.25) is 0 Å². The van der Waals surface area contributed by atoms with Crippen LogP contribution in [0.1, 0.15) is 127 Å². The zero-order valence-corrected chi connectivity index (χ0v) is 47.4. The van der Waals surface area contributed by atoms with Crippen molar-refractivity contribution in [3.05, 3.63) is 301 Å². The molecule has 0 heterocycles. The highest BCUT2D eigenvalue weighted by atomic mass is 14.1. The van der Waals surface area contributed by atoms with Crippen molar-refractivity contribution in [3.63, 3.8) is 0 Å². The molecule has 0 N–H and O–H groups in total. The molecule has 0 fully saturated rings. The summed E-state index contributed by atoms with van der Waals surface area (Å²) >= 11 is 0. The van der Waals surface area contributed by atoms with Crippen LogP contribution in [0.4, 0.5) is 0 Å². The van der Waals surface area contributed by atoms with Crippen LogP contribution in [0, 0.1) is 0 Å². The molecule has 0 saturated carbocycles. The second-order valence-corrected chi connectivity index (χ2v) is 21.4. The number of rotatable bonds is 9. The van der Waals surface area contributed by atoms with Crippen LogP contribution in [0.3, 0.4) is 0 Å². The Morgan fingerprint density at radius 2 is 0.558 bits per heavy atom. The van der Waals surface area contributed by atoms with Crippen molar-refractivity contribution < 1.29 is 0 Å². The van der Waals surface area contributed by atoms with Gasteiger partial charge in [-0.2, -0.15) is 0 Å². The van der Waals surface area contributed by atoms with Gasteiger partial charge < -0.3 is 0 Å². The summed E-state index contributed by atoms with van der Waals surface area (Å²) in [6.07, 6.45) is 0. The first-order valence-corrected chi connectivity index (χ1v) is 27.9. The molecule has 0 heteroatoms. The molecule has 77 heavy (non-hydrogen) atoms. The molecule has 11 aromatic rings. The Balaban J connectivity index is 0.000000142. The minimum Gasteiger partial charge on any atom is -0.0622 e. The predicted molar refractivity (Wildman–Crippen MR) is 339 cm³/mol. The Morgan fingerprint density at radius 1 is 0.195 bits per heavy atom. The van der Waals surface area contributed by atoms with Crippen molar-refractivity contribution in [3.8, 4) is 44.5 Å². The number of benzene rings is 11. The van der Waals surface area contributed by atoms with Crippen molar-refractivity contribution in [1.29, 1.82) is 0 Å². The maximum absolute atomic E-state index is 2.30. The van der Waals surface area contributed by atoms with E-state index in [0.29, 0.717) is 29.6 Å². The van der Waals surface area contributed by atoms with Gasteiger partial charge in [-0.05, 0) is 130 Å². The van der Waals surface area contributed by atoms with Gasteiger partial charge >= 0.3 is 0 Å². The molecule has 0 aliphatic carbocycles. The molecule has 0 saturated heterocycles. The van der Waals surface area contributed by atoms with E-state index in [1.165, 1.54) is 93.9 Å². The zero-order valence-electron chi connectivity index (χ0n) is 47.4. The van der Waals surface area contributed by atoms with Crippen LogP contribution in [0.5, 0.6) is 0 Å². The summed E-state index contributed by atoms with van der Waals surface area (Å²) in [5.74, 6) is 2.97. The molecule has 0 aliphatic rings. The van der Waals surface area contributed by atoms with E-state index < -0.39 is 0 Å². The fourth-order valence-corrected chi connectivity index (χ4v) is 9.54. The molecule has 0 unspecified atom stereocenters. The van der Waals surface area contributed by atoms with E-state index in [-0.39, 0.29) is 0 Å². The maximum atomic E-state index is 2.30. The lowest BCUT2D eigenvalue weighted by Crippen LogP contribution is -1.91. The van der Waals surface area contributed by atoms with Gasteiger partial charge in [0.05, 0.1) is 0 Å². The van der Waals surface area contributed by atoms with E-state index in [1.54, 1.807) is 0 Å². The Labute approximate surface area is 463 Å². The zero-order chi connectivity index (χ0) is 54.5. The lowest BCUT2D eigenvalue weighted by atomic mass is 9.91. The summed E-state index contributed by atoms with van der Waals surface area (Å²) in [6, 6.07) is 96.9. The molecular formula is C77H80. The van der Waals surface area contributed by atoms with E-state index in [4.69, 9.17) is 0 Å². The summed E-state index contributed by atoms with van der Waals surface area (Å²) in [4.78, 5) is 0. The molecule has 0 nitrogen and oxygen atoms in total. The highest BCUT2D eigenvalue weighted by Gasteiger charge is 2.10. The summed E-state index contributed by atoms with van der Waals surface area (Å²) in [6.45, 7) is 22.3. The number of hydrogen-bond acceptors (Lipinski definition) is 0. The van der Waals surface area contributed by atoms with Crippen molar-refractivity contribution in [1.82, 2.24) is 0 Å². The van der Waals surface area contributed by atoms with E-state index in [2.05, 4.69) is 330 Å². The third kappa shape index (κ3) is 16.2.